The molecule has 2 heterocycles. The van der Waals surface area contributed by atoms with Gasteiger partial charge in [0.25, 0.3) is 0 Å². The van der Waals surface area contributed by atoms with Gasteiger partial charge < -0.3 is 10.1 Å². The molecule has 0 aliphatic carbocycles. The van der Waals surface area contributed by atoms with Crippen molar-refractivity contribution in [1.82, 2.24) is 14.6 Å². The number of aryl methyl sites for hydroxylation is 1. The van der Waals surface area contributed by atoms with Crippen LogP contribution in [0.1, 0.15) is 39.7 Å². The van der Waals surface area contributed by atoms with Crippen LogP contribution in [0, 0.1) is 0 Å². The third-order valence-electron chi connectivity index (χ3n) is 4.69. The molecule has 1 aromatic heterocycles. The van der Waals surface area contributed by atoms with Crippen molar-refractivity contribution in [3.63, 3.8) is 0 Å². The molecule has 152 valence electrons. The molecule has 3 rings (SSSR count). The zero-order valence-corrected chi connectivity index (χ0v) is 17.5. The molecule has 0 spiro atoms. The summed E-state index contributed by atoms with van der Waals surface area (Å²) in [6.07, 6.45) is 4.12. The Labute approximate surface area is 166 Å². The molecular weight excluding hydrogens is 378 g/mol. The monoisotopic (exact) mass is 405 g/mol. The SMILES string of the molecule is CCc1cncc2cccc(S(=O)(=O)N3CCC(NC(=O)OC(C)(C)C)C3)c12. The van der Waals surface area contributed by atoms with E-state index in [1.807, 2.05) is 13.0 Å². The predicted octanol–water partition coefficient (Wildman–Crippen LogP) is 3.08. The van der Waals surface area contributed by atoms with Crippen molar-refractivity contribution in [1.29, 1.82) is 0 Å². The Kier molecular flexibility index (Phi) is 5.63. The summed E-state index contributed by atoms with van der Waals surface area (Å²) in [7, 11) is -3.69. The first-order valence-corrected chi connectivity index (χ1v) is 10.9. The van der Waals surface area contributed by atoms with Gasteiger partial charge in [-0.05, 0) is 45.2 Å². The fourth-order valence-corrected chi connectivity index (χ4v) is 5.19. The Balaban J connectivity index is 1.83. The van der Waals surface area contributed by atoms with E-state index in [9.17, 15) is 13.2 Å². The van der Waals surface area contributed by atoms with Gasteiger partial charge in [0, 0.05) is 42.3 Å². The summed E-state index contributed by atoms with van der Waals surface area (Å²) in [5.74, 6) is 0. The molecule has 1 atom stereocenters. The van der Waals surface area contributed by atoms with Crippen molar-refractivity contribution in [2.45, 2.75) is 57.1 Å². The smallest absolute Gasteiger partial charge is 0.407 e. The number of benzene rings is 1. The van der Waals surface area contributed by atoms with Crippen molar-refractivity contribution in [3.05, 3.63) is 36.2 Å². The Hall–Kier alpha value is -2.19. The van der Waals surface area contributed by atoms with E-state index in [0.29, 0.717) is 24.3 Å². The van der Waals surface area contributed by atoms with E-state index in [2.05, 4.69) is 10.3 Å². The Morgan fingerprint density at radius 3 is 2.75 bits per heavy atom. The summed E-state index contributed by atoms with van der Waals surface area (Å²) >= 11 is 0. The molecule has 8 heteroatoms. The van der Waals surface area contributed by atoms with Crippen LogP contribution in [0.5, 0.6) is 0 Å². The summed E-state index contributed by atoms with van der Waals surface area (Å²) in [4.78, 5) is 16.5. The molecule has 2 aromatic rings. The maximum Gasteiger partial charge on any atom is 0.407 e. The minimum absolute atomic E-state index is 0.227. The third kappa shape index (κ3) is 4.28. The molecule has 1 saturated heterocycles. The van der Waals surface area contributed by atoms with Crippen LogP contribution in [-0.4, -0.2) is 48.5 Å². The zero-order valence-electron chi connectivity index (χ0n) is 16.7. The highest BCUT2D eigenvalue weighted by Gasteiger charge is 2.35. The number of carbonyl (C=O) groups excluding carboxylic acids is 1. The van der Waals surface area contributed by atoms with Gasteiger partial charge in [-0.1, -0.05) is 19.1 Å². The minimum atomic E-state index is -3.69. The van der Waals surface area contributed by atoms with Crippen molar-refractivity contribution in [2.75, 3.05) is 13.1 Å². The lowest BCUT2D eigenvalue weighted by atomic mass is 10.1. The van der Waals surface area contributed by atoms with E-state index in [0.717, 1.165) is 16.3 Å². The number of aromatic nitrogens is 1. The van der Waals surface area contributed by atoms with E-state index < -0.39 is 21.7 Å². The average Bonchev–Trinajstić information content (AvgIpc) is 3.08. The van der Waals surface area contributed by atoms with Gasteiger partial charge in [0.15, 0.2) is 0 Å². The minimum Gasteiger partial charge on any atom is -0.444 e. The lowest BCUT2D eigenvalue weighted by Gasteiger charge is -2.22. The van der Waals surface area contributed by atoms with Crippen LogP contribution in [0.3, 0.4) is 0 Å². The lowest BCUT2D eigenvalue weighted by molar-refractivity contribution is 0.0507. The highest BCUT2D eigenvalue weighted by atomic mass is 32.2. The molecule has 1 amide bonds. The van der Waals surface area contributed by atoms with E-state index in [1.54, 1.807) is 45.3 Å². The zero-order chi connectivity index (χ0) is 20.5. The molecule has 7 nitrogen and oxygen atoms in total. The Morgan fingerprint density at radius 1 is 1.32 bits per heavy atom. The second-order valence-electron chi connectivity index (χ2n) is 8.00. The van der Waals surface area contributed by atoms with Crippen LogP contribution in [0.15, 0.2) is 35.5 Å². The second kappa shape index (κ2) is 7.67. The number of sulfonamides is 1. The van der Waals surface area contributed by atoms with Crippen molar-refractivity contribution in [3.8, 4) is 0 Å². The normalized spacial score (nSPS) is 18.4. The van der Waals surface area contributed by atoms with Gasteiger partial charge in [-0.25, -0.2) is 13.2 Å². The fourth-order valence-electron chi connectivity index (χ4n) is 3.43. The first kappa shape index (κ1) is 20.5. The number of nitrogens with zero attached hydrogens (tertiary/aromatic N) is 2. The number of hydrogen-bond donors (Lipinski definition) is 1. The van der Waals surface area contributed by atoms with E-state index in [-0.39, 0.29) is 12.6 Å². The maximum atomic E-state index is 13.3. The molecule has 1 aliphatic heterocycles. The number of hydrogen-bond acceptors (Lipinski definition) is 5. The quantitative estimate of drug-likeness (QED) is 0.844. The Bertz CT molecular complexity index is 977. The Morgan fingerprint density at radius 2 is 2.07 bits per heavy atom. The average molecular weight is 406 g/mol. The summed E-state index contributed by atoms with van der Waals surface area (Å²) in [6.45, 7) is 7.93. The number of rotatable bonds is 4. The van der Waals surface area contributed by atoms with Gasteiger partial charge >= 0.3 is 6.09 Å². The number of ether oxygens (including phenoxy) is 1. The van der Waals surface area contributed by atoms with Crippen molar-refractivity contribution in [2.24, 2.45) is 0 Å². The summed E-state index contributed by atoms with van der Waals surface area (Å²) < 4.78 is 33.4. The van der Waals surface area contributed by atoms with Crippen molar-refractivity contribution < 1.29 is 17.9 Å². The first-order chi connectivity index (χ1) is 13.1. The summed E-state index contributed by atoms with van der Waals surface area (Å²) in [5, 5.41) is 4.31. The van der Waals surface area contributed by atoms with E-state index in [4.69, 9.17) is 4.74 Å². The summed E-state index contributed by atoms with van der Waals surface area (Å²) in [5.41, 5.74) is 0.307. The van der Waals surface area contributed by atoms with Gasteiger partial charge in [0.2, 0.25) is 10.0 Å². The van der Waals surface area contributed by atoms with Crippen LogP contribution in [0.4, 0.5) is 4.79 Å². The van der Waals surface area contributed by atoms with Crippen LogP contribution in [-0.2, 0) is 21.2 Å². The number of alkyl carbamates (subject to hydrolysis) is 1. The third-order valence-corrected chi connectivity index (χ3v) is 6.60. The number of nitrogens with one attached hydrogen (secondary N) is 1. The molecule has 1 aromatic carbocycles. The number of carbonyl (C=O) groups is 1. The van der Waals surface area contributed by atoms with Crippen LogP contribution in [0.2, 0.25) is 0 Å². The van der Waals surface area contributed by atoms with E-state index in [1.165, 1.54) is 4.31 Å². The molecule has 0 bridgehead atoms. The van der Waals surface area contributed by atoms with Gasteiger partial charge in [0.1, 0.15) is 5.60 Å². The van der Waals surface area contributed by atoms with Gasteiger partial charge in [-0.3, -0.25) is 4.98 Å². The standard InChI is InChI=1S/C20H27N3O4S/c1-5-14-11-21-12-15-7-6-8-17(18(14)15)28(25,26)23-10-9-16(13-23)22-19(24)27-20(2,3)4/h6-8,11-12,16H,5,9-10,13H2,1-4H3,(H,22,24). The molecule has 1 unspecified atom stereocenters. The number of pyridine rings is 1. The largest absolute Gasteiger partial charge is 0.444 e. The van der Waals surface area contributed by atoms with Crippen molar-refractivity contribution >= 4 is 26.9 Å². The van der Waals surface area contributed by atoms with Gasteiger partial charge in [0.05, 0.1) is 4.90 Å². The molecule has 1 aliphatic rings. The summed E-state index contributed by atoms with van der Waals surface area (Å²) in [6, 6.07) is 4.98. The highest BCUT2D eigenvalue weighted by molar-refractivity contribution is 7.89. The molecule has 1 N–H and O–H groups in total. The van der Waals surface area contributed by atoms with Gasteiger partial charge in [-0.15, -0.1) is 0 Å². The lowest BCUT2D eigenvalue weighted by Crippen LogP contribution is -2.41. The fraction of sp³-hybridized carbons (Fsp3) is 0.500. The van der Waals surface area contributed by atoms with Crippen LogP contribution < -0.4 is 5.32 Å². The predicted molar refractivity (Wildman–Crippen MR) is 108 cm³/mol. The van der Waals surface area contributed by atoms with Crippen LogP contribution in [0.25, 0.3) is 10.8 Å². The van der Waals surface area contributed by atoms with Gasteiger partial charge in [-0.2, -0.15) is 4.31 Å². The maximum absolute atomic E-state index is 13.3. The molecule has 1 fully saturated rings. The topological polar surface area (TPSA) is 88.6 Å². The second-order valence-corrected chi connectivity index (χ2v) is 9.91. The molecule has 0 radical (unpaired) electrons. The highest BCUT2D eigenvalue weighted by Crippen LogP contribution is 2.30. The van der Waals surface area contributed by atoms with E-state index >= 15 is 0 Å². The number of amides is 1. The number of fused-ring (bicyclic) bond motifs is 1. The molecular formula is C20H27N3O4S. The molecule has 0 saturated carbocycles. The first-order valence-electron chi connectivity index (χ1n) is 9.47. The van der Waals surface area contributed by atoms with Crippen LogP contribution >= 0.6 is 0 Å². The molecule has 28 heavy (non-hydrogen) atoms.